The largest absolute Gasteiger partial charge is 0.386 e. The van der Waals surface area contributed by atoms with Crippen molar-refractivity contribution in [3.63, 3.8) is 0 Å². The fourth-order valence-corrected chi connectivity index (χ4v) is 4.64. The summed E-state index contributed by atoms with van der Waals surface area (Å²) in [5.74, 6) is 0. The van der Waals surface area contributed by atoms with Crippen molar-refractivity contribution in [1.82, 2.24) is 4.57 Å². The van der Waals surface area contributed by atoms with E-state index >= 15 is 0 Å². The van der Waals surface area contributed by atoms with Gasteiger partial charge in [0.1, 0.15) is 0 Å². The molecular weight excluding hydrogens is 434 g/mol. The van der Waals surface area contributed by atoms with E-state index in [-0.39, 0.29) is 0 Å². The topological polar surface area (TPSA) is 25.2 Å². The van der Waals surface area contributed by atoms with Crippen LogP contribution in [0.25, 0.3) is 38.6 Å². The Morgan fingerprint density at radius 3 is 2.20 bits per heavy atom. The Morgan fingerprint density at radius 1 is 0.733 bits per heavy atom. The van der Waals surface area contributed by atoms with E-state index in [1.54, 1.807) is 0 Å². The summed E-state index contributed by atoms with van der Waals surface area (Å²) in [4.78, 5) is 0. The number of hydrogen-bond acceptors (Lipinski definition) is 1. The van der Waals surface area contributed by atoms with E-state index in [2.05, 4.69) is 93.3 Å². The number of aliphatic hydroxyl groups is 1. The van der Waals surface area contributed by atoms with E-state index in [1.807, 2.05) is 32.0 Å². The van der Waals surface area contributed by atoms with E-state index in [1.165, 1.54) is 16.3 Å². The number of benzene rings is 4. The highest BCUT2D eigenvalue weighted by Crippen LogP contribution is 2.38. The molecule has 5 rings (SSSR count). The van der Waals surface area contributed by atoms with Gasteiger partial charge >= 0.3 is 0 Å². The molecule has 0 unspecified atom stereocenters. The Bertz CT molecular complexity index is 1380. The lowest BCUT2D eigenvalue weighted by Gasteiger charge is -2.22. The van der Waals surface area contributed by atoms with Gasteiger partial charge in [-0.25, -0.2) is 0 Å². The number of aromatic nitrogens is 1. The maximum Gasteiger partial charge on any atom is 0.0846 e. The zero-order valence-electron chi connectivity index (χ0n) is 16.9. The Balaban J connectivity index is 1.85. The van der Waals surface area contributed by atoms with E-state index in [0.717, 1.165) is 32.4 Å². The summed E-state index contributed by atoms with van der Waals surface area (Å²) in [6.07, 6.45) is 0. The van der Waals surface area contributed by atoms with Crippen LogP contribution in [0.2, 0.25) is 0 Å². The first-order valence-electron chi connectivity index (χ1n) is 10.0. The molecule has 148 valence electrons. The molecule has 4 aromatic carbocycles. The zero-order valence-corrected chi connectivity index (χ0v) is 18.5. The van der Waals surface area contributed by atoms with Crippen LogP contribution in [0, 0.1) is 0 Å². The molecule has 0 spiro atoms. The van der Waals surface area contributed by atoms with Gasteiger partial charge in [-0.1, -0.05) is 70.5 Å². The van der Waals surface area contributed by atoms with E-state index in [0.29, 0.717) is 0 Å². The lowest BCUT2D eigenvalue weighted by Crippen LogP contribution is -2.16. The standard InChI is InChI=1S/C27H22BrNO/c1-27(2,30)24-15-13-19(28)17-23(24)18-12-14-22-21-10-6-7-11-25(21)29(26(22)16-18)20-8-4-3-5-9-20/h3-17,30H,1-2H3. The molecule has 0 radical (unpaired) electrons. The second kappa shape index (κ2) is 7.12. The molecule has 1 N–H and O–H groups in total. The summed E-state index contributed by atoms with van der Waals surface area (Å²) in [5.41, 5.74) is 5.57. The maximum atomic E-state index is 10.8. The van der Waals surface area contributed by atoms with Crippen LogP contribution in [0.3, 0.4) is 0 Å². The third kappa shape index (κ3) is 3.15. The summed E-state index contributed by atoms with van der Waals surface area (Å²) >= 11 is 3.60. The van der Waals surface area contributed by atoms with Crippen LogP contribution >= 0.6 is 15.9 Å². The van der Waals surface area contributed by atoms with E-state index < -0.39 is 5.60 Å². The molecule has 1 heterocycles. The molecule has 0 amide bonds. The number of para-hydroxylation sites is 2. The van der Waals surface area contributed by atoms with Gasteiger partial charge in [0, 0.05) is 20.9 Å². The zero-order chi connectivity index (χ0) is 20.9. The number of rotatable bonds is 3. The second-order valence-electron chi connectivity index (χ2n) is 8.17. The smallest absolute Gasteiger partial charge is 0.0846 e. The first-order valence-corrected chi connectivity index (χ1v) is 10.8. The van der Waals surface area contributed by atoms with E-state index in [9.17, 15) is 5.11 Å². The average molecular weight is 456 g/mol. The van der Waals surface area contributed by atoms with Gasteiger partial charge < -0.3 is 9.67 Å². The molecule has 0 aliphatic heterocycles. The van der Waals surface area contributed by atoms with Crippen molar-refractivity contribution in [1.29, 1.82) is 0 Å². The molecule has 0 atom stereocenters. The third-order valence-corrected chi connectivity index (χ3v) is 6.13. The van der Waals surface area contributed by atoms with Crippen molar-refractivity contribution in [2.24, 2.45) is 0 Å². The van der Waals surface area contributed by atoms with Crippen molar-refractivity contribution in [2.45, 2.75) is 19.4 Å². The fourth-order valence-electron chi connectivity index (χ4n) is 4.28. The predicted octanol–water partition coefficient (Wildman–Crippen LogP) is 7.44. The van der Waals surface area contributed by atoms with Gasteiger partial charge in [0.05, 0.1) is 16.6 Å². The van der Waals surface area contributed by atoms with Gasteiger partial charge in [0.2, 0.25) is 0 Å². The quantitative estimate of drug-likeness (QED) is 0.300. The van der Waals surface area contributed by atoms with Crippen molar-refractivity contribution in [2.75, 3.05) is 0 Å². The van der Waals surface area contributed by atoms with Crippen LogP contribution in [0.1, 0.15) is 19.4 Å². The van der Waals surface area contributed by atoms with Crippen molar-refractivity contribution >= 4 is 37.7 Å². The van der Waals surface area contributed by atoms with Crippen LogP contribution in [-0.2, 0) is 5.60 Å². The predicted molar refractivity (Wildman–Crippen MR) is 129 cm³/mol. The van der Waals surface area contributed by atoms with Gasteiger partial charge in [-0.3, -0.25) is 0 Å². The number of hydrogen-bond donors (Lipinski definition) is 1. The molecule has 2 nitrogen and oxygen atoms in total. The lowest BCUT2D eigenvalue weighted by molar-refractivity contribution is 0.0792. The Morgan fingerprint density at radius 2 is 1.43 bits per heavy atom. The minimum atomic E-state index is -0.933. The first-order chi connectivity index (χ1) is 14.4. The van der Waals surface area contributed by atoms with Gasteiger partial charge in [-0.05, 0) is 66.9 Å². The summed E-state index contributed by atoms with van der Waals surface area (Å²) in [7, 11) is 0. The van der Waals surface area contributed by atoms with Crippen LogP contribution < -0.4 is 0 Å². The number of nitrogens with zero attached hydrogens (tertiary/aromatic N) is 1. The molecule has 30 heavy (non-hydrogen) atoms. The molecule has 0 saturated carbocycles. The minimum absolute atomic E-state index is 0.910. The first kappa shape index (κ1) is 19.1. The minimum Gasteiger partial charge on any atom is -0.386 e. The molecule has 0 fully saturated rings. The fraction of sp³-hybridized carbons (Fsp3) is 0.111. The average Bonchev–Trinajstić information content (AvgIpc) is 3.07. The Kier molecular flexibility index (Phi) is 4.53. The third-order valence-electron chi connectivity index (χ3n) is 5.64. The van der Waals surface area contributed by atoms with Crippen molar-refractivity contribution < 1.29 is 5.11 Å². The van der Waals surface area contributed by atoms with Crippen LogP contribution in [0.4, 0.5) is 0 Å². The maximum absolute atomic E-state index is 10.8. The summed E-state index contributed by atoms with van der Waals surface area (Å²) in [6, 6.07) is 31.6. The molecule has 0 saturated heterocycles. The molecule has 0 bridgehead atoms. The molecular formula is C27H22BrNO. The van der Waals surface area contributed by atoms with Crippen molar-refractivity contribution in [3.05, 3.63) is 101 Å². The van der Waals surface area contributed by atoms with Gasteiger partial charge in [-0.2, -0.15) is 0 Å². The SMILES string of the molecule is CC(C)(O)c1ccc(Br)cc1-c1ccc2c3ccccc3n(-c3ccccc3)c2c1. The second-order valence-corrected chi connectivity index (χ2v) is 9.08. The highest BCUT2D eigenvalue weighted by molar-refractivity contribution is 9.10. The lowest BCUT2D eigenvalue weighted by atomic mass is 9.89. The van der Waals surface area contributed by atoms with E-state index in [4.69, 9.17) is 0 Å². The highest BCUT2D eigenvalue weighted by Gasteiger charge is 2.22. The Hall–Kier alpha value is -2.88. The number of fused-ring (bicyclic) bond motifs is 3. The normalized spacial score (nSPS) is 12.0. The van der Waals surface area contributed by atoms with Gasteiger partial charge in [0.15, 0.2) is 0 Å². The molecule has 3 heteroatoms. The molecule has 0 aliphatic carbocycles. The monoisotopic (exact) mass is 455 g/mol. The Labute approximate surface area is 184 Å². The summed E-state index contributed by atoms with van der Waals surface area (Å²) in [5, 5.41) is 13.2. The van der Waals surface area contributed by atoms with Gasteiger partial charge in [0.25, 0.3) is 0 Å². The van der Waals surface area contributed by atoms with Crippen LogP contribution in [0.5, 0.6) is 0 Å². The molecule has 1 aromatic heterocycles. The molecule has 5 aromatic rings. The number of halogens is 1. The van der Waals surface area contributed by atoms with Gasteiger partial charge in [-0.15, -0.1) is 0 Å². The van der Waals surface area contributed by atoms with Crippen LogP contribution in [0.15, 0.2) is 95.5 Å². The molecule has 0 aliphatic rings. The summed E-state index contributed by atoms with van der Waals surface area (Å²) < 4.78 is 3.31. The highest BCUT2D eigenvalue weighted by atomic mass is 79.9. The summed E-state index contributed by atoms with van der Waals surface area (Å²) in [6.45, 7) is 3.67. The van der Waals surface area contributed by atoms with Crippen molar-refractivity contribution in [3.8, 4) is 16.8 Å². The van der Waals surface area contributed by atoms with Crippen LogP contribution in [-0.4, -0.2) is 9.67 Å².